The highest BCUT2D eigenvalue weighted by Gasteiger charge is 2.15. The van der Waals surface area contributed by atoms with Gasteiger partial charge < -0.3 is 5.32 Å². The summed E-state index contributed by atoms with van der Waals surface area (Å²) in [6.07, 6.45) is 2.73. The highest BCUT2D eigenvalue weighted by molar-refractivity contribution is 5.45. The fourth-order valence-corrected chi connectivity index (χ4v) is 3.42. The molecule has 1 unspecified atom stereocenters. The second-order valence-electron chi connectivity index (χ2n) is 6.96. The smallest absolute Gasteiger partial charge is 0.0403 e. The molecule has 1 aliphatic heterocycles. The predicted octanol–water partition coefficient (Wildman–Crippen LogP) is 4.84. The molecule has 2 heteroatoms. The number of hydrogen-bond acceptors (Lipinski definition) is 2. The largest absolute Gasteiger partial charge is 0.381 e. The molecule has 1 heterocycles. The summed E-state index contributed by atoms with van der Waals surface area (Å²) >= 11 is 0. The van der Waals surface area contributed by atoms with Crippen LogP contribution in [0.2, 0.25) is 0 Å². The molecule has 1 saturated heterocycles. The molecule has 0 aliphatic carbocycles. The average molecular weight is 308 g/mol. The molecule has 122 valence electrons. The Labute approximate surface area is 140 Å². The minimum atomic E-state index is 0.846. The molecule has 0 saturated carbocycles. The number of rotatable bonds is 5. The third kappa shape index (κ3) is 4.59. The van der Waals surface area contributed by atoms with Gasteiger partial charge in [0.15, 0.2) is 0 Å². The summed E-state index contributed by atoms with van der Waals surface area (Å²) < 4.78 is 0. The summed E-state index contributed by atoms with van der Waals surface area (Å²) in [5, 5.41) is 3.53. The SMILES string of the molecule is Cc1ccccc1CNc1ccc(CN2CCCC(C)C2)cc1. The third-order valence-corrected chi connectivity index (χ3v) is 4.85. The second-order valence-corrected chi connectivity index (χ2v) is 6.96. The maximum absolute atomic E-state index is 3.53. The Balaban J connectivity index is 1.54. The lowest BCUT2D eigenvalue weighted by atomic mass is 10.00. The fraction of sp³-hybridized carbons (Fsp3) is 0.429. The monoisotopic (exact) mass is 308 g/mol. The Hall–Kier alpha value is -1.80. The summed E-state index contributed by atoms with van der Waals surface area (Å²) in [6.45, 7) is 8.99. The summed E-state index contributed by atoms with van der Waals surface area (Å²) in [7, 11) is 0. The molecule has 0 bridgehead atoms. The standard InChI is InChI=1S/C21H28N2/c1-17-6-5-13-23(15-17)16-19-9-11-21(12-10-19)22-14-20-8-4-3-7-18(20)2/h3-4,7-12,17,22H,5-6,13-16H2,1-2H3. The molecule has 0 radical (unpaired) electrons. The number of piperidine rings is 1. The molecule has 0 aromatic heterocycles. The molecule has 0 spiro atoms. The van der Waals surface area contributed by atoms with E-state index in [0.29, 0.717) is 0 Å². The van der Waals surface area contributed by atoms with Crippen molar-refractivity contribution in [2.24, 2.45) is 5.92 Å². The molecule has 1 fully saturated rings. The van der Waals surface area contributed by atoms with Gasteiger partial charge in [0, 0.05) is 25.3 Å². The molecule has 0 amide bonds. The van der Waals surface area contributed by atoms with Crippen LogP contribution in [-0.4, -0.2) is 18.0 Å². The Morgan fingerprint density at radius 2 is 1.87 bits per heavy atom. The van der Waals surface area contributed by atoms with Crippen LogP contribution in [0.5, 0.6) is 0 Å². The van der Waals surface area contributed by atoms with E-state index < -0.39 is 0 Å². The van der Waals surface area contributed by atoms with Crippen LogP contribution in [0.1, 0.15) is 36.5 Å². The van der Waals surface area contributed by atoms with Crippen molar-refractivity contribution in [2.45, 2.75) is 39.8 Å². The second kappa shape index (κ2) is 7.65. The Morgan fingerprint density at radius 1 is 1.09 bits per heavy atom. The van der Waals surface area contributed by atoms with Crippen molar-refractivity contribution in [2.75, 3.05) is 18.4 Å². The van der Waals surface area contributed by atoms with Crippen LogP contribution in [0.3, 0.4) is 0 Å². The number of benzene rings is 2. The summed E-state index contributed by atoms with van der Waals surface area (Å²) in [5.74, 6) is 0.846. The van der Waals surface area contributed by atoms with Crippen LogP contribution >= 0.6 is 0 Å². The van der Waals surface area contributed by atoms with Gasteiger partial charge in [-0.1, -0.05) is 43.3 Å². The zero-order valence-electron chi connectivity index (χ0n) is 14.4. The first-order valence-electron chi connectivity index (χ1n) is 8.80. The quantitative estimate of drug-likeness (QED) is 0.850. The number of aryl methyl sites for hydroxylation is 1. The minimum absolute atomic E-state index is 0.846. The van der Waals surface area contributed by atoms with Gasteiger partial charge in [0.05, 0.1) is 0 Å². The van der Waals surface area contributed by atoms with Crippen LogP contribution in [0.4, 0.5) is 5.69 Å². The zero-order valence-corrected chi connectivity index (χ0v) is 14.4. The molecule has 3 rings (SSSR count). The molecule has 2 aromatic rings. The van der Waals surface area contributed by atoms with E-state index in [0.717, 1.165) is 19.0 Å². The van der Waals surface area contributed by atoms with Gasteiger partial charge in [0.2, 0.25) is 0 Å². The Kier molecular flexibility index (Phi) is 5.35. The van der Waals surface area contributed by atoms with Crippen molar-refractivity contribution < 1.29 is 0 Å². The van der Waals surface area contributed by atoms with Crippen molar-refractivity contribution in [1.82, 2.24) is 4.90 Å². The maximum atomic E-state index is 3.53. The normalized spacial score (nSPS) is 18.8. The van der Waals surface area contributed by atoms with E-state index in [1.54, 1.807) is 0 Å². The van der Waals surface area contributed by atoms with Gasteiger partial charge in [-0.3, -0.25) is 4.90 Å². The van der Waals surface area contributed by atoms with Crippen LogP contribution in [0, 0.1) is 12.8 Å². The van der Waals surface area contributed by atoms with Crippen molar-refractivity contribution in [3.63, 3.8) is 0 Å². The molecule has 1 aliphatic rings. The van der Waals surface area contributed by atoms with Gasteiger partial charge in [-0.15, -0.1) is 0 Å². The van der Waals surface area contributed by atoms with Crippen molar-refractivity contribution in [3.8, 4) is 0 Å². The lowest BCUT2D eigenvalue weighted by Gasteiger charge is -2.30. The lowest BCUT2D eigenvalue weighted by Crippen LogP contribution is -2.33. The third-order valence-electron chi connectivity index (χ3n) is 4.85. The Morgan fingerprint density at radius 3 is 2.61 bits per heavy atom. The number of likely N-dealkylation sites (tertiary alicyclic amines) is 1. The highest BCUT2D eigenvalue weighted by Crippen LogP contribution is 2.19. The molecule has 2 aromatic carbocycles. The number of nitrogens with zero attached hydrogens (tertiary/aromatic N) is 1. The topological polar surface area (TPSA) is 15.3 Å². The van der Waals surface area contributed by atoms with Crippen molar-refractivity contribution in [1.29, 1.82) is 0 Å². The average Bonchev–Trinajstić information content (AvgIpc) is 2.56. The van der Waals surface area contributed by atoms with Crippen LogP contribution in [0.15, 0.2) is 48.5 Å². The number of nitrogens with one attached hydrogen (secondary N) is 1. The van der Waals surface area contributed by atoms with Crippen molar-refractivity contribution >= 4 is 5.69 Å². The predicted molar refractivity (Wildman–Crippen MR) is 98.6 cm³/mol. The van der Waals surface area contributed by atoms with Gasteiger partial charge in [-0.25, -0.2) is 0 Å². The molecule has 23 heavy (non-hydrogen) atoms. The van der Waals surface area contributed by atoms with E-state index in [4.69, 9.17) is 0 Å². The van der Waals surface area contributed by atoms with Crippen LogP contribution in [0.25, 0.3) is 0 Å². The van der Waals surface area contributed by atoms with E-state index in [1.165, 1.54) is 48.3 Å². The minimum Gasteiger partial charge on any atom is -0.381 e. The van der Waals surface area contributed by atoms with Gasteiger partial charge in [0.1, 0.15) is 0 Å². The molecule has 2 nitrogen and oxygen atoms in total. The lowest BCUT2D eigenvalue weighted by molar-refractivity contribution is 0.176. The summed E-state index contributed by atoms with van der Waals surface area (Å²) in [6, 6.07) is 17.5. The summed E-state index contributed by atoms with van der Waals surface area (Å²) in [4.78, 5) is 2.59. The van der Waals surface area contributed by atoms with Gasteiger partial charge in [-0.05, 0) is 61.1 Å². The number of anilines is 1. The maximum Gasteiger partial charge on any atom is 0.0403 e. The van der Waals surface area contributed by atoms with E-state index in [2.05, 4.69) is 72.6 Å². The van der Waals surface area contributed by atoms with Crippen molar-refractivity contribution in [3.05, 3.63) is 65.2 Å². The highest BCUT2D eigenvalue weighted by atomic mass is 15.1. The van der Waals surface area contributed by atoms with E-state index in [-0.39, 0.29) is 0 Å². The first-order valence-corrected chi connectivity index (χ1v) is 8.80. The van der Waals surface area contributed by atoms with E-state index in [9.17, 15) is 0 Å². The first kappa shape index (κ1) is 16.1. The summed E-state index contributed by atoms with van der Waals surface area (Å²) in [5.41, 5.74) is 5.32. The van der Waals surface area contributed by atoms with E-state index >= 15 is 0 Å². The van der Waals surface area contributed by atoms with Gasteiger partial charge in [-0.2, -0.15) is 0 Å². The van der Waals surface area contributed by atoms with Gasteiger partial charge in [0.25, 0.3) is 0 Å². The van der Waals surface area contributed by atoms with Gasteiger partial charge >= 0.3 is 0 Å². The fourth-order valence-electron chi connectivity index (χ4n) is 3.42. The van der Waals surface area contributed by atoms with Crippen LogP contribution in [-0.2, 0) is 13.1 Å². The first-order chi connectivity index (χ1) is 11.2. The molecule has 1 N–H and O–H groups in total. The molecular formula is C21H28N2. The molecular weight excluding hydrogens is 280 g/mol. The Bertz CT molecular complexity index is 618. The zero-order chi connectivity index (χ0) is 16.1. The van der Waals surface area contributed by atoms with Crippen LogP contribution < -0.4 is 5.32 Å². The van der Waals surface area contributed by atoms with E-state index in [1.807, 2.05) is 0 Å². The molecule has 1 atom stereocenters. The number of hydrogen-bond donors (Lipinski definition) is 1.